The standard InChI is InChI=1S/C66H44/c1-9-15-21-25-29-27-23-19-13-7-11-17-18-12-8-14-20-24-28-30-26-22-16-10(2)32(4)34(6)33(5)31(9,3)37(15)43(21)47(25)51(29)49(27)45(23)41(19)35(11,13)39(17)40(18)36(12,14)42(20)46(24)50(28)52(30)48(26)44(22)38(16,32)54(34)53(33,37)57(43)58(44,54)62(48)61(47,57)65(51)63(49)59(45)55(39,41)56(40,42)60(46,59)64(50,63)66(52,62)65/h9-30H,7-8H2,1-6H3. The van der Waals surface area contributed by atoms with Crippen LogP contribution in [-0.2, 0) is 0 Å². The Bertz CT molecular complexity index is 4120. The second-order valence-electron chi connectivity index (χ2n) is 42.7. The molecular formula is C66H44. The monoisotopic (exact) mass is 836 g/mol. The summed E-state index contributed by atoms with van der Waals surface area (Å²) in [6.45, 7) is 19.0. The zero-order valence-electron chi connectivity index (χ0n) is 38.1. The lowest BCUT2D eigenvalue weighted by Gasteiger charge is -3.73. The van der Waals surface area contributed by atoms with E-state index < -0.39 is 0 Å². The van der Waals surface area contributed by atoms with Crippen molar-refractivity contribution in [1.29, 1.82) is 0 Å². The van der Waals surface area contributed by atoms with E-state index in [1.165, 1.54) is 118 Å². The average molecular weight is 837 g/mol. The van der Waals surface area contributed by atoms with Crippen LogP contribution in [-0.4, -0.2) is 0 Å². The first kappa shape index (κ1) is 23.0. The maximum absolute atomic E-state index is 3.29. The van der Waals surface area contributed by atoms with Crippen LogP contribution in [0.3, 0.4) is 0 Å². The van der Waals surface area contributed by atoms with Crippen molar-refractivity contribution in [2.75, 3.05) is 0 Å². The predicted octanol–water partition coefficient (Wildman–Crippen LogP) is 6.56. The Morgan fingerprint density at radius 1 is 0.227 bits per heavy atom. The summed E-state index contributed by atoms with van der Waals surface area (Å²) in [6, 6.07) is 0. The van der Waals surface area contributed by atoms with Gasteiger partial charge in [0, 0.05) is 0 Å². The largest absolute Gasteiger partial charge is 0.0616 e. The van der Waals surface area contributed by atoms with Crippen molar-refractivity contribution in [2.24, 2.45) is 325 Å². The van der Waals surface area contributed by atoms with Gasteiger partial charge >= 0.3 is 0 Å². The van der Waals surface area contributed by atoms with Gasteiger partial charge in [0.2, 0.25) is 0 Å². The third-order valence-corrected chi connectivity index (χ3v) is 58.1. The number of hydrogen-bond donors (Lipinski definition) is 0. The van der Waals surface area contributed by atoms with Gasteiger partial charge in [-0.25, -0.2) is 0 Å². The molecule has 0 nitrogen and oxygen atoms in total. The second-order valence-corrected chi connectivity index (χ2v) is 42.7. The van der Waals surface area contributed by atoms with Crippen LogP contribution < -0.4 is 0 Å². The van der Waals surface area contributed by atoms with Gasteiger partial charge in [-0.15, -0.1) is 0 Å². The smallest absolute Gasteiger partial charge is 0.000370 e. The minimum Gasteiger partial charge on any atom is -0.0616 e. The minimum absolute atomic E-state index is 0.723. The molecule has 45 aliphatic rings. The molecule has 0 radical (unpaired) electrons. The third kappa shape index (κ3) is 0.455. The molecule has 58 atom stereocenters. The molecule has 0 aromatic rings. The minimum atomic E-state index is 0.723. The van der Waals surface area contributed by atoms with Crippen LogP contribution in [0.4, 0.5) is 0 Å². The molecule has 66 heavy (non-hydrogen) atoms. The van der Waals surface area contributed by atoms with E-state index in [9.17, 15) is 0 Å². The van der Waals surface area contributed by atoms with Gasteiger partial charge in [-0.1, -0.05) is 41.5 Å². The van der Waals surface area contributed by atoms with Gasteiger partial charge in [-0.3, -0.25) is 0 Å². The van der Waals surface area contributed by atoms with Crippen LogP contribution in [0, 0.1) is 325 Å². The predicted molar refractivity (Wildman–Crippen MR) is 208 cm³/mol. The first-order chi connectivity index (χ1) is 32.2. The molecule has 0 heterocycles. The van der Waals surface area contributed by atoms with Gasteiger partial charge in [-0.2, -0.15) is 0 Å². The Balaban J connectivity index is 0.754. The third-order valence-electron chi connectivity index (χ3n) is 58.1. The first-order valence-electron chi connectivity index (χ1n) is 32.2. The van der Waals surface area contributed by atoms with E-state index in [1.807, 2.05) is 12.8 Å². The molecule has 0 aromatic heterocycles. The van der Waals surface area contributed by atoms with Crippen molar-refractivity contribution in [3.63, 3.8) is 0 Å². The van der Waals surface area contributed by atoms with Crippen molar-refractivity contribution in [3.05, 3.63) is 0 Å². The molecule has 32 spiro atoms. The van der Waals surface area contributed by atoms with Crippen LogP contribution in [0.1, 0.15) is 54.4 Å². The zero-order valence-corrected chi connectivity index (χ0v) is 38.1. The number of rotatable bonds is 0. The summed E-state index contributed by atoms with van der Waals surface area (Å²) >= 11 is 0. The normalized spacial score (nSPS) is 142. The molecule has 58 unspecified atom stereocenters. The van der Waals surface area contributed by atoms with Gasteiger partial charge in [0.15, 0.2) is 0 Å². The number of hydrogen-bond acceptors (Lipinski definition) is 0. The highest BCUT2D eigenvalue weighted by molar-refractivity contribution is 6.21. The summed E-state index contributed by atoms with van der Waals surface area (Å²) in [6.07, 6.45) is 3.72. The van der Waals surface area contributed by atoms with Crippen molar-refractivity contribution >= 4 is 0 Å². The van der Waals surface area contributed by atoms with Gasteiger partial charge in [0.1, 0.15) is 0 Å². The molecule has 45 rings (SSSR count). The summed E-state index contributed by atoms with van der Waals surface area (Å²) in [5.74, 6) is 29.6. The van der Waals surface area contributed by atoms with Crippen LogP contribution in [0.5, 0.6) is 0 Å². The lowest BCUT2D eigenvalue weighted by atomic mass is 8.29. The lowest BCUT2D eigenvalue weighted by Crippen LogP contribution is -3.72. The summed E-state index contributed by atoms with van der Waals surface area (Å²) in [5.41, 5.74) is 37.0. The van der Waals surface area contributed by atoms with E-state index in [1.54, 1.807) is 0 Å². The number of fused-ring (bicyclic) bond motifs is 20. The molecule has 0 N–H and O–H groups in total. The van der Waals surface area contributed by atoms with E-state index in [0.29, 0.717) is 0 Å². The molecule has 0 amide bonds. The Hall–Kier alpha value is 0. The van der Waals surface area contributed by atoms with E-state index in [2.05, 4.69) is 41.5 Å². The van der Waals surface area contributed by atoms with E-state index in [-0.39, 0.29) is 0 Å². The Morgan fingerprint density at radius 2 is 0.455 bits per heavy atom. The van der Waals surface area contributed by atoms with Crippen molar-refractivity contribution in [1.82, 2.24) is 0 Å². The fraction of sp³-hybridized carbons (Fsp3) is 1.00. The Morgan fingerprint density at radius 3 is 0.803 bits per heavy atom. The maximum atomic E-state index is 3.29. The molecular weight excluding hydrogens is 793 g/mol. The van der Waals surface area contributed by atoms with Gasteiger partial charge in [0.25, 0.3) is 0 Å². The molecule has 45 saturated carbocycles. The maximum Gasteiger partial charge on any atom is -0.000370 e. The summed E-state index contributed by atoms with van der Waals surface area (Å²) in [5, 5.41) is 0. The van der Waals surface area contributed by atoms with E-state index >= 15 is 0 Å². The Kier molecular flexibility index (Phi) is 1.15. The van der Waals surface area contributed by atoms with E-state index in [4.69, 9.17) is 0 Å². The van der Waals surface area contributed by atoms with Crippen molar-refractivity contribution < 1.29 is 0 Å². The second kappa shape index (κ2) is 3.30. The summed E-state index contributed by atoms with van der Waals surface area (Å²) in [4.78, 5) is 0. The van der Waals surface area contributed by atoms with Crippen LogP contribution in [0.2, 0.25) is 0 Å². The fourth-order valence-electron chi connectivity index (χ4n) is 73.9. The summed E-state index contributed by atoms with van der Waals surface area (Å²) < 4.78 is 0. The summed E-state index contributed by atoms with van der Waals surface area (Å²) in [7, 11) is 0. The topological polar surface area (TPSA) is 0 Å². The highest BCUT2D eigenvalue weighted by Gasteiger charge is 3.77. The van der Waals surface area contributed by atoms with Gasteiger partial charge in [-0.05, 0) is 338 Å². The lowest BCUT2D eigenvalue weighted by molar-refractivity contribution is -1.29. The molecule has 45 fully saturated rings. The van der Waals surface area contributed by atoms with E-state index in [0.717, 1.165) is 207 Å². The van der Waals surface area contributed by atoms with Crippen LogP contribution in [0.25, 0.3) is 0 Å². The first-order valence-corrected chi connectivity index (χ1v) is 32.2. The highest BCUT2D eigenvalue weighted by Crippen LogP contribution is 3.77. The molecule has 308 valence electrons. The molecule has 45 aliphatic carbocycles. The average Bonchev–Trinajstić information content (AvgIpc) is 3.29. The van der Waals surface area contributed by atoms with Crippen molar-refractivity contribution in [3.8, 4) is 0 Å². The quantitative estimate of drug-likeness (QED) is 0.260. The zero-order chi connectivity index (χ0) is 38.1. The van der Waals surface area contributed by atoms with Gasteiger partial charge < -0.3 is 0 Å². The van der Waals surface area contributed by atoms with Crippen LogP contribution in [0.15, 0.2) is 0 Å². The van der Waals surface area contributed by atoms with Crippen molar-refractivity contribution in [2.45, 2.75) is 54.4 Å². The SMILES string of the molecule is CC1C2C3C4C5C6C7C8C9CC%10C%11C%12C%13CC%14C%15C%16C%17C%18C%19C%20C%21C(C)C%22(C)C%23(C)C%24(C)C1(C)C21C32C43C54C65C76C87C%109C%118C%129C%13%14C%15%10C%16%11C%17%12C%18%13C%19%14C%20%15C%21%22C%23%16C%241C21C%15%16C%142C31C41C53C64C87C9%10C%114C%123C%1321. The molecule has 0 saturated heterocycles. The highest BCUT2D eigenvalue weighted by atomic mass is 15.8. The molecule has 0 heteroatoms. The fourth-order valence-corrected chi connectivity index (χ4v) is 73.9. The Labute approximate surface area is 377 Å². The van der Waals surface area contributed by atoms with Crippen LogP contribution >= 0.6 is 0 Å². The molecule has 0 aromatic carbocycles. The molecule has 0 aliphatic heterocycles. The van der Waals surface area contributed by atoms with Gasteiger partial charge in [0.05, 0.1) is 0 Å². The molecule has 0 bridgehead atoms.